The Morgan fingerprint density at radius 2 is 1.89 bits per heavy atom. The molecule has 6 nitrogen and oxygen atoms in total. The first-order valence-corrected chi connectivity index (χ1v) is 10.1. The van der Waals surface area contributed by atoms with E-state index in [0.29, 0.717) is 41.5 Å². The molecule has 0 radical (unpaired) electrons. The third-order valence-corrected chi connectivity index (χ3v) is 6.24. The fourth-order valence-corrected chi connectivity index (χ4v) is 4.64. The highest BCUT2D eigenvalue weighted by Crippen LogP contribution is 2.41. The van der Waals surface area contributed by atoms with Crippen LogP contribution in [-0.2, 0) is 11.2 Å². The van der Waals surface area contributed by atoms with E-state index < -0.39 is 0 Å². The summed E-state index contributed by atoms with van der Waals surface area (Å²) < 4.78 is 5.29. The van der Waals surface area contributed by atoms with Crippen LogP contribution in [0.5, 0.6) is 0 Å². The van der Waals surface area contributed by atoms with E-state index in [-0.39, 0.29) is 30.3 Å². The molecule has 3 N–H and O–H groups in total. The molecule has 2 atom stereocenters. The fourth-order valence-electron chi connectivity index (χ4n) is 4.51. The maximum Gasteiger partial charge on any atom is 0.228 e. The molecule has 0 aliphatic heterocycles. The van der Waals surface area contributed by atoms with Gasteiger partial charge in [-0.25, -0.2) is 0 Å². The molecule has 2 unspecified atom stereocenters. The molecular weight excluding hydrogens is 399 g/mol. The molecule has 0 saturated heterocycles. The molecule has 1 heterocycles. The maximum atomic E-state index is 12.6. The van der Waals surface area contributed by atoms with Gasteiger partial charge in [0.05, 0.1) is 0 Å². The summed E-state index contributed by atoms with van der Waals surface area (Å²) >= 11 is 5.89. The molecule has 0 spiro atoms. The van der Waals surface area contributed by atoms with Crippen LogP contribution in [0, 0.1) is 17.8 Å². The Labute approximate surface area is 176 Å². The zero-order chi connectivity index (χ0) is 18.8. The molecule has 8 heteroatoms. The van der Waals surface area contributed by atoms with Crippen LogP contribution in [0.4, 0.5) is 0 Å². The van der Waals surface area contributed by atoms with Gasteiger partial charge in [-0.1, -0.05) is 23.2 Å². The van der Waals surface area contributed by atoms with E-state index in [9.17, 15) is 4.79 Å². The zero-order valence-electron chi connectivity index (χ0n) is 15.6. The molecule has 2 aliphatic rings. The van der Waals surface area contributed by atoms with Crippen LogP contribution in [-0.4, -0.2) is 28.6 Å². The Bertz CT molecular complexity index is 782. The number of benzene rings is 1. The quantitative estimate of drug-likeness (QED) is 0.763. The largest absolute Gasteiger partial charge is 0.355 e. The number of nitrogens with zero attached hydrogens (tertiary/aromatic N) is 2. The highest BCUT2D eigenvalue weighted by molar-refractivity contribution is 6.30. The van der Waals surface area contributed by atoms with Gasteiger partial charge in [-0.2, -0.15) is 4.98 Å². The summed E-state index contributed by atoms with van der Waals surface area (Å²) in [5, 5.41) is 7.70. The molecule has 2 fully saturated rings. The van der Waals surface area contributed by atoms with E-state index in [1.807, 2.05) is 12.1 Å². The standard InChI is InChI=1S/C20H25ClN4O2.ClH/c21-16-6-4-12(5-7-16)19-24-17(27-25-19)8-9-23-20(26)15-10-13-2-1-3-14(11-15)18(13)22;/h4-7,13-15,18H,1-3,8-11,22H2,(H,23,26);1H. The van der Waals surface area contributed by atoms with E-state index in [2.05, 4.69) is 15.5 Å². The van der Waals surface area contributed by atoms with E-state index in [0.717, 1.165) is 31.2 Å². The highest BCUT2D eigenvalue weighted by atomic mass is 35.5. The average molecular weight is 425 g/mol. The highest BCUT2D eigenvalue weighted by Gasteiger charge is 2.40. The second kappa shape index (κ2) is 9.25. The third-order valence-electron chi connectivity index (χ3n) is 5.99. The van der Waals surface area contributed by atoms with Crippen molar-refractivity contribution in [2.45, 2.75) is 44.6 Å². The number of nitrogens with two attached hydrogens (primary N) is 1. The number of rotatable bonds is 5. The second-order valence-corrected chi connectivity index (χ2v) is 8.19. The van der Waals surface area contributed by atoms with Crippen molar-refractivity contribution < 1.29 is 9.32 Å². The van der Waals surface area contributed by atoms with Gasteiger partial charge in [0, 0.05) is 35.5 Å². The molecule has 1 aromatic carbocycles. The van der Waals surface area contributed by atoms with Crippen LogP contribution >= 0.6 is 24.0 Å². The fraction of sp³-hybridized carbons (Fsp3) is 0.550. The number of hydrogen-bond donors (Lipinski definition) is 2. The third kappa shape index (κ3) is 4.67. The minimum Gasteiger partial charge on any atom is -0.355 e. The molecule has 1 aromatic heterocycles. The SMILES string of the molecule is Cl.NC1C2CCCC1CC(C(=O)NCCc1nc(-c3ccc(Cl)cc3)no1)C2. The maximum absolute atomic E-state index is 12.6. The molecule has 2 aromatic rings. The van der Waals surface area contributed by atoms with E-state index in [4.69, 9.17) is 21.9 Å². The molecular formula is C20H26Cl2N4O2. The smallest absolute Gasteiger partial charge is 0.228 e. The Morgan fingerprint density at radius 3 is 2.57 bits per heavy atom. The van der Waals surface area contributed by atoms with E-state index in [1.54, 1.807) is 12.1 Å². The minimum absolute atomic E-state index is 0. The number of nitrogens with one attached hydrogen (secondary N) is 1. The number of hydrogen-bond acceptors (Lipinski definition) is 5. The number of carbonyl (C=O) groups excluding carboxylic acids is 1. The van der Waals surface area contributed by atoms with Gasteiger partial charge < -0.3 is 15.6 Å². The lowest BCUT2D eigenvalue weighted by atomic mass is 9.65. The van der Waals surface area contributed by atoms with Gasteiger partial charge in [0.2, 0.25) is 17.6 Å². The number of amides is 1. The van der Waals surface area contributed by atoms with Crippen LogP contribution in [0.25, 0.3) is 11.4 Å². The summed E-state index contributed by atoms with van der Waals surface area (Å²) in [6.45, 7) is 0.499. The van der Waals surface area contributed by atoms with Gasteiger partial charge in [0.1, 0.15) is 0 Å². The molecule has 2 saturated carbocycles. The van der Waals surface area contributed by atoms with Gasteiger partial charge in [-0.05, 0) is 61.8 Å². The van der Waals surface area contributed by atoms with Gasteiger partial charge in [-0.3, -0.25) is 4.79 Å². The van der Waals surface area contributed by atoms with Crippen LogP contribution in [0.15, 0.2) is 28.8 Å². The van der Waals surface area contributed by atoms with E-state index in [1.165, 1.54) is 6.42 Å². The normalized spacial score (nSPS) is 26.4. The Hall–Kier alpha value is -1.63. The lowest BCUT2D eigenvalue weighted by molar-refractivity contribution is -0.127. The molecule has 152 valence electrons. The topological polar surface area (TPSA) is 94.0 Å². The Balaban J connectivity index is 0.00000225. The summed E-state index contributed by atoms with van der Waals surface area (Å²) in [6, 6.07) is 7.57. The van der Waals surface area contributed by atoms with Crippen LogP contribution in [0.1, 0.15) is 38.0 Å². The predicted molar refractivity (Wildman–Crippen MR) is 110 cm³/mol. The number of halogens is 2. The van der Waals surface area contributed by atoms with E-state index >= 15 is 0 Å². The number of fused-ring (bicyclic) bond motifs is 2. The van der Waals surface area contributed by atoms with Crippen molar-refractivity contribution in [2.75, 3.05) is 6.54 Å². The summed E-state index contributed by atoms with van der Waals surface area (Å²) in [5.41, 5.74) is 7.17. The van der Waals surface area contributed by atoms with Crippen LogP contribution in [0.2, 0.25) is 5.02 Å². The van der Waals surface area contributed by atoms with Gasteiger partial charge in [0.25, 0.3) is 0 Å². The van der Waals surface area contributed by atoms with Gasteiger partial charge >= 0.3 is 0 Å². The lowest BCUT2D eigenvalue weighted by Crippen LogP contribution is -2.49. The second-order valence-electron chi connectivity index (χ2n) is 7.76. The number of carbonyl (C=O) groups is 1. The molecule has 2 aliphatic carbocycles. The van der Waals surface area contributed by atoms with Crippen molar-refractivity contribution in [2.24, 2.45) is 23.5 Å². The molecule has 28 heavy (non-hydrogen) atoms. The van der Waals surface area contributed by atoms with Gasteiger partial charge in [-0.15, -0.1) is 12.4 Å². The average Bonchev–Trinajstić information content (AvgIpc) is 3.11. The number of aromatic nitrogens is 2. The first-order chi connectivity index (χ1) is 13.1. The van der Waals surface area contributed by atoms with Crippen molar-refractivity contribution in [1.82, 2.24) is 15.5 Å². The summed E-state index contributed by atoms with van der Waals surface area (Å²) in [6.07, 6.45) is 5.94. The minimum atomic E-state index is 0. The van der Waals surface area contributed by atoms with Crippen molar-refractivity contribution >= 4 is 29.9 Å². The molecule has 1 amide bonds. The zero-order valence-corrected chi connectivity index (χ0v) is 17.2. The summed E-state index contributed by atoms with van der Waals surface area (Å²) in [7, 11) is 0. The Morgan fingerprint density at radius 1 is 1.21 bits per heavy atom. The van der Waals surface area contributed by atoms with Gasteiger partial charge in [0.15, 0.2) is 0 Å². The molecule has 4 rings (SSSR count). The lowest BCUT2D eigenvalue weighted by Gasteiger charge is -2.43. The molecule has 2 bridgehead atoms. The van der Waals surface area contributed by atoms with Crippen molar-refractivity contribution in [3.8, 4) is 11.4 Å². The van der Waals surface area contributed by atoms with Crippen LogP contribution in [0.3, 0.4) is 0 Å². The van der Waals surface area contributed by atoms with Crippen molar-refractivity contribution in [1.29, 1.82) is 0 Å². The summed E-state index contributed by atoms with van der Waals surface area (Å²) in [5.74, 6) is 2.28. The summed E-state index contributed by atoms with van der Waals surface area (Å²) in [4.78, 5) is 16.9. The Kier molecular flexibility index (Phi) is 6.96. The van der Waals surface area contributed by atoms with Crippen molar-refractivity contribution in [3.05, 3.63) is 35.2 Å². The monoisotopic (exact) mass is 424 g/mol. The van der Waals surface area contributed by atoms with Crippen LogP contribution < -0.4 is 11.1 Å². The van der Waals surface area contributed by atoms with Crippen molar-refractivity contribution in [3.63, 3.8) is 0 Å². The first-order valence-electron chi connectivity index (χ1n) is 9.72. The predicted octanol–water partition coefficient (Wildman–Crippen LogP) is 3.62. The first kappa shape index (κ1) is 21.1.